The van der Waals surface area contributed by atoms with Crippen molar-refractivity contribution in [2.24, 2.45) is 0 Å². The van der Waals surface area contributed by atoms with Crippen molar-refractivity contribution in [3.8, 4) is 17.0 Å². The molecule has 2 aromatic heterocycles. The summed E-state index contributed by atoms with van der Waals surface area (Å²) in [4.78, 5) is 22.6. The van der Waals surface area contributed by atoms with Crippen LogP contribution in [0.5, 0.6) is 5.75 Å². The summed E-state index contributed by atoms with van der Waals surface area (Å²) in [5, 5.41) is 10.4. The van der Waals surface area contributed by atoms with Gasteiger partial charge in [-0.3, -0.25) is 14.3 Å². The minimum absolute atomic E-state index is 0.0951. The maximum absolute atomic E-state index is 13.5. The molecule has 0 amide bonds. The first-order chi connectivity index (χ1) is 14.6. The molecule has 0 aliphatic carbocycles. The Morgan fingerprint density at radius 2 is 1.63 bits per heavy atom. The number of rotatable bonds is 6. The van der Waals surface area contributed by atoms with Crippen molar-refractivity contribution in [2.75, 3.05) is 0 Å². The standard InChI is InChI=1S/C25H23N3O2/c1-18-27-24(21-12-5-6-13-23(21)29)22(15-14-19-9-3-2-4-10-19)25(30)28(18)17-20-11-7-8-16-26-20/h2-13,16,29H,14-15,17H2,1H3. The van der Waals surface area contributed by atoms with Gasteiger partial charge >= 0.3 is 0 Å². The summed E-state index contributed by atoms with van der Waals surface area (Å²) in [6.45, 7) is 2.17. The highest BCUT2D eigenvalue weighted by atomic mass is 16.3. The fourth-order valence-corrected chi connectivity index (χ4v) is 3.58. The van der Waals surface area contributed by atoms with E-state index < -0.39 is 0 Å². The molecule has 0 aliphatic rings. The Morgan fingerprint density at radius 3 is 2.37 bits per heavy atom. The lowest BCUT2D eigenvalue weighted by Gasteiger charge is -2.16. The van der Waals surface area contributed by atoms with Gasteiger partial charge in [-0.05, 0) is 49.6 Å². The van der Waals surface area contributed by atoms with Crippen LogP contribution in [-0.4, -0.2) is 19.6 Å². The number of para-hydroxylation sites is 1. The maximum atomic E-state index is 13.5. The molecule has 0 spiro atoms. The Balaban J connectivity index is 1.81. The zero-order valence-electron chi connectivity index (χ0n) is 16.8. The van der Waals surface area contributed by atoms with E-state index in [1.54, 1.807) is 29.0 Å². The zero-order chi connectivity index (χ0) is 20.9. The van der Waals surface area contributed by atoms with Crippen molar-refractivity contribution in [2.45, 2.75) is 26.3 Å². The number of phenolic OH excluding ortho intramolecular Hbond substituents is 1. The minimum Gasteiger partial charge on any atom is -0.507 e. The van der Waals surface area contributed by atoms with Gasteiger partial charge in [0.2, 0.25) is 0 Å². The molecule has 150 valence electrons. The zero-order valence-corrected chi connectivity index (χ0v) is 16.8. The van der Waals surface area contributed by atoms with Crippen LogP contribution in [0.3, 0.4) is 0 Å². The molecule has 1 N–H and O–H groups in total. The van der Waals surface area contributed by atoms with Crippen LogP contribution in [0, 0.1) is 6.92 Å². The lowest BCUT2D eigenvalue weighted by Crippen LogP contribution is -2.29. The van der Waals surface area contributed by atoms with E-state index in [1.165, 1.54) is 0 Å². The number of aryl methyl sites for hydroxylation is 2. The normalized spacial score (nSPS) is 10.8. The highest BCUT2D eigenvalue weighted by Gasteiger charge is 2.18. The first-order valence-corrected chi connectivity index (χ1v) is 9.96. The predicted octanol–water partition coefficient (Wildman–Crippen LogP) is 4.15. The van der Waals surface area contributed by atoms with Crippen molar-refractivity contribution in [3.63, 3.8) is 0 Å². The molecule has 5 nitrogen and oxygen atoms in total. The van der Waals surface area contributed by atoms with Crippen LogP contribution in [-0.2, 0) is 19.4 Å². The molecule has 2 aromatic carbocycles. The number of aromatic hydroxyl groups is 1. The molecule has 30 heavy (non-hydrogen) atoms. The van der Waals surface area contributed by atoms with Crippen LogP contribution in [0.1, 0.15) is 22.6 Å². The van der Waals surface area contributed by atoms with Crippen LogP contribution in [0.4, 0.5) is 0 Å². The van der Waals surface area contributed by atoms with E-state index in [2.05, 4.69) is 4.98 Å². The molecule has 0 unspecified atom stereocenters. The Kier molecular flexibility index (Phi) is 5.70. The summed E-state index contributed by atoms with van der Waals surface area (Å²) in [5.41, 5.74) is 3.57. The molecule has 4 rings (SSSR count). The van der Waals surface area contributed by atoms with Crippen LogP contribution >= 0.6 is 0 Å². The summed E-state index contributed by atoms with van der Waals surface area (Å²) in [5.74, 6) is 0.708. The van der Waals surface area contributed by atoms with Crippen molar-refractivity contribution in [1.82, 2.24) is 14.5 Å². The fraction of sp³-hybridized carbons (Fsp3) is 0.160. The minimum atomic E-state index is -0.0951. The van der Waals surface area contributed by atoms with Gasteiger partial charge in [0.25, 0.3) is 5.56 Å². The SMILES string of the molecule is Cc1nc(-c2ccccc2O)c(CCc2ccccc2)c(=O)n1Cc1ccccn1. The second-order valence-electron chi connectivity index (χ2n) is 7.20. The van der Waals surface area contributed by atoms with Crippen LogP contribution in [0.25, 0.3) is 11.3 Å². The summed E-state index contributed by atoms with van der Waals surface area (Å²) < 4.78 is 1.66. The summed E-state index contributed by atoms with van der Waals surface area (Å²) >= 11 is 0. The number of aromatic nitrogens is 3. The average molecular weight is 397 g/mol. The topological polar surface area (TPSA) is 68.0 Å². The van der Waals surface area contributed by atoms with Gasteiger partial charge in [0.15, 0.2) is 0 Å². The monoisotopic (exact) mass is 397 g/mol. The first kappa shape index (κ1) is 19.6. The molecule has 0 aliphatic heterocycles. The van der Waals surface area contributed by atoms with Gasteiger partial charge in [-0.2, -0.15) is 0 Å². The van der Waals surface area contributed by atoms with E-state index in [1.807, 2.05) is 61.5 Å². The molecule has 0 saturated carbocycles. The van der Waals surface area contributed by atoms with Gasteiger partial charge in [-0.25, -0.2) is 4.98 Å². The van der Waals surface area contributed by atoms with Crippen LogP contribution in [0.2, 0.25) is 0 Å². The molecule has 0 fully saturated rings. The summed E-state index contributed by atoms with van der Waals surface area (Å²) in [6.07, 6.45) is 2.96. The largest absolute Gasteiger partial charge is 0.507 e. The Hall–Kier alpha value is -3.73. The molecule has 0 saturated heterocycles. The van der Waals surface area contributed by atoms with E-state index in [4.69, 9.17) is 4.98 Å². The van der Waals surface area contributed by atoms with Crippen LogP contribution in [0.15, 0.2) is 83.8 Å². The third-order valence-electron chi connectivity index (χ3n) is 5.17. The van der Waals surface area contributed by atoms with Crippen molar-refractivity contribution in [3.05, 3.63) is 112 Å². The highest BCUT2D eigenvalue weighted by molar-refractivity contribution is 5.69. The van der Waals surface area contributed by atoms with Crippen molar-refractivity contribution < 1.29 is 5.11 Å². The van der Waals surface area contributed by atoms with Gasteiger partial charge in [0, 0.05) is 17.3 Å². The quantitative estimate of drug-likeness (QED) is 0.531. The number of pyridine rings is 1. The van der Waals surface area contributed by atoms with Crippen LogP contribution < -0.4 is 5.56 Å². The summed E-state index contributed by atoms with van der Waals surface area (Å²) in [7, 11) is 0. The van der Waals surface area contributed by atoms with E-state index in [0.717, 1.165) is 11.3 Å². The molecular weight excluding hydrogens is 374 g/mol. The fourth-order valence-electron chi connectivity index (χ4n) is 3.58. The first-order valence-electron chi connectivity index (χ1n) is 9.96. The van der Waals surface area contributed by atoms with Crippen molar-refractivity contribution in [1.29, 1.82) is 0 Å². The van der Waals surface area contributed by atoms with Gasteiger partial charge in [0.1, 0.15) is 11.6 Å². The number of hydrogen-bond donors (Lipinski definition) is 1. The average Bonchev–Trinajstić information content (AvgIpc) is 2.77. The lowest BCUT2D eigenvalue weighted by atomic mass is 9.99. The molecule has 5 heteroatoms. The van der Waals surface area contributed by atoms with Gasteiger partial charge in [0.05, 0.1) is 17.9 Å². The van der Waals surface area contributed by atoms with Gasteiger partial charge in [-0.15, -0.1) is 0 Å². The number of nitrogens with zero attached hydrogens (tertiary/aromatic N) is 3. The second kappa shape index (κ2) is 8.74. The van der Waals surface area contributed by atoms with Crippen molar-refractivity contribution >= 4 is 0 Å². The Bertz CT molecular complexity index is 1200. The van der Waals surface area contributed by atoms with Gasteiger partial charge in [-0.1, -0.05) is 48.5 Å². The maximum Gasteiger partial charge on any atom is 0.257 e. The van der Waals surface area contributed by atoms with E-state index in [0.29, 0.717) is 42.0 Å². The predicted molar refractivity (Wildman–Crippen MR) is 118 cm³/mol. The third-order valence-corrected chi connectivity index (χ3v) is 5.17. The highest BCUT2D eigenvalue weighted by Crippen LogP contribution is 2.29. The van der Waals surface area contributed by atoms with Gasteiger partial charge < -0.3 is 5.11 Å². The number of benzene rings is 2. The molecule has 0 atom stereocenters. The van der Waals surface area contributed by atoms with E-state index in [-0.39, 0.29) is 11.3 Å². The molecule has 2 heterocycles. The Labute approximate surface area is 175 Å². The van der Waals surface area contributed by atoms with E-state index in [9.17, 15) is 9.90 Å². The third kappa shape index (κ3) is 4.15. The smallest absolute Gasteiger partial charge is 0.257 e. The summed E-state index contributed by atoms with van der Waals surface area (Å²) in [6, 6.07) is 22.7. The number of hydrogen-bond acceptors (Lipinski definition) is 4. The molecule has 4 aromatic rings. The molecular formula is C25H23N3O2. The molecule has 0 radical (unpaired) electrons. The molecule has 0 bridgehead atoms. The number of phenols is 1. The van der Waals surface area contributed by atoms with E-state index >= 15 is 0 Å². The lowest BCUT2D eigenvalue weighted by molar-refractivity contribution is 0.477. The Morgan fingerprint density at radius 1 is 0.900 bits per heavy atom. The second-order valence-corrected chi connectivity index (χ2v) is 7.20.